The third kappa shape index (κ3) is 3.51. The Morgan fingerprint density at radius 2 is 1.58 bits per heavy atom. The number of aromatic nitrogens is 2. The largest absolute Gasteiger partial charge is 0.372 e. The molecule has 0 fully saturated rings. The van der Waals surface area contributed by atoms with Crippen LogP contribution in [0.15, 0.2) is 103 Å². The Labute approximate surface area is 207 Å². The molecule has 4 aromatic carbocycles. The van der Waals surface area contributed by atoms with Crippen LogP contribution in [0.5, 0.6) is 0 Å². The minimum Gasteiger partial charge on any atom is -0.372 e. The van der Waals surface area contributed by atoms with E-state index >= 15 is 0 Å². The maximum absolute atomic E-state index is 14.9. The van der Waals surface area contributed by atoms with Gasteiger partial charge in [-0.1, -0.05) is 84.9 Å². The predicted molar refractivity (Wildman–Crippen MR) is 137 cm³/mol. The number of aliphatic hydroxyl groups is 1. The van der Waals surface area contributed by atoms with E-state index in [2.05, 4.69) is 27.6 Å². The van der Waals surface area contributed by atoms with E-state index in [-0.39, 0.29) is 11.1 Å². The minimum atomic E-state index is -2.25. The van der Waals surface area contributed by atoms with Gasteiger partial charge in [-0.3, -0.25) is 9.89 Å². The standard InChI is InChI=1S/C30H22FN3O2/c31-26-13-7-6-12-25(26)30(36,29(35)32-22-9-2-1-3-10-22)21-16-14-19(15-17-21)27-24-18-20-8-4-5-11-23(20)28(24)34-33-27/h1-17,36H,18H2,(H,32,35)(H,33,34). The van der Waals surface area contributed by atoms with Crippen molar-refractivity contribution < 1.29 is 14.3 Å². The molecule has 36 heavy (non-hydrogen) atoms. The molecule has 0 saturated heterocycles. The number of halogens is 1. The predicted octanol–water partition coefficient (Wildman–Crippen LogP) is 5.66. The lowest BCUT2D eigenvalue weighted by molar-refractivity contribution is -0.131. The highest BCUT2D eigenvalue weighted by Crippen LogP contribution is 2.40. The van der Waals surface area contributed by atoms with Crippen LogP contribution in [-0.4, -0.2) is 21.2 Å². The van der Waals surface area contributed by atoms with Crippen molar-refractivity contribution in [3.63, 3.8) is 0 Å². The molecule has 0 radical (unpaired) electrons. The van der Waals surface area contributed by atoms with Gasteiger partial charge < -0.3 is 10.4 Å². The molecule has 1 atom stereocenters. The van der Waals surface area contributed by atoms with E-state index < -0.39 is 17.3 Å². The van der Waals surface area contributed by atoms with Gasteiger partial charge in [-0.25, -0.2) is 4.39 Å². The highest BCUT2D eigenvalue weighted by atomic mass is 19.1. The summed E-state index contributed by atoms with van der Waals surface area (Å²) in [6.07, 6.45) is 0.776. The number of nitrogens with zero attached hydrogens (tertiary/aromatic N) is 1. The Balaban J connectivity index is 1.39. The number of benzene rings is 4. The van der Waals surface area contributed by atoms with Gasteiger partial charge in [0.25, 0.3) is 5.91 Å². The summed E-state index contributed by atoms with van der Waals surface area (Å²) in [6.45, 7) is 0. The van der Waals surface area contributed by atoms with Gasteiger partial charge in [-0.2, -0.15) is 5.10 Å². The Kier molecular flexibility index (Phi) is 5.24. The van der Waals surface area contributed by atoms with E-state index in [0.29, 0.717) is 5.69 Å². The topological polar surface area (TPSA) is 78.0 Å². The van der Waals surface area contributed by atoms with Crippen molar-refractivity contribution in [2.45, 2.75) is 12.0 Å². The van der Waals surface area contributed by atoms with Crippen molar-refractivity contribution in [3.05, 3.63) is 131 Å². The third-order valence-electron chi connectivity index (χ3n) is 6.72. The first-order valence-electron chi connectivity index (χ1n) is 11.7. The first-order chi connectivity index (χ1) is 17.6. The second-order valence-corrected chi connectivity index (χ2v) is 8.85. The summed E-state index contributed by atoms with van der Waals surface area (Å²) < 4.78 is 14.9. The Morgan fingerprint density at radius 1 is 0.889 bits per heavy atom. The Bertz CT molecular complexity index is 1580. The number of carbonyl (C=O) groups is 1. The van der Waals surface area contributed by atoms with Crippen LogP contribution in [-0.2, 0) is 16.8 Å². The molecule has 5 nitrogen and oxygen atoms in total. The van der Waals surface area contributed by atoms with Crippen molar-refractivity contribution in [2.24, 2.45) is 0 Å². The maximum atomic E-state index is 14.9. The second-order valence-electron chi connectivity index (χ2n) is 8.85. The zero-order valence-corrected chi connectivity index (χ0v) is 19.2. The SMILES string of the molecule is O=C(Nc1ccccc1)C(O)(c1ccc(-c2n[nH]c3c2Cc2ccccc2-3)cc1)c1ccccc1F. The van der Waals surface area contributed by atoms with E-state index in [9.17, 15) is 14.3 Å². The molecule has 3 N–H and O–H groups in total. The van der Waals surface area contributed by atoms with Crippen LogP contribution in [0.4, 0.5) is 10.1 Å². The highest BCUT2D eigenvalue weighted by molar-refractivity contribution is 6.00. The summed E-state index contributed by atoms with van der Waals surface area (Å²) in [6, 6.07) is 29.7. The van der Waals surface area contributed by atoms with Crippen molar-refractivity contribution in [3.8, 4) is 22.5 Å². The fourth-order valence-electron chi connectivity index (χ4n) is 4.88. The molecule has 1 heterocycles. The van der Waals surface area contributed by atoms with E-state index in [0.717, 1.165) is 34.5 Å². The van der Waals surface area contributed by atoms with E-state index in [1.807, 2.05) is 18.2 Å². The molecule has 176 valence electrons. The fourth-order valence-corrected chi connectivity index (χ4v) is 4.88. The Hall–Kier alpha value is -4.55. The number of hydrogen-bond acceptors (Lipinski definition) is 3. The number of nitrogens with one attached hydrogen (secondary N) is 2. The van der Waals surface area contributed by atoms with Gasteiger partial charge in [0.05, 0.1) is 11.4 Å². The molecular formula is C30H22FN3O2. The molecule has 1 unspecified atom stereocenters. The molecule has 0 aliphatic heterocycles. The lowest BCUT2D eigenvalue weighted by atomic mass is 9.84. The van der Waals surface area contributed by atoms with E-state index in [1.165, 1.54) is 23.8 Å². The van der Waals surface area contributed by atoms with Gasteiger partial charge >= 0.3 is 0 Å². The van der Waals surface area contributed by atoms with Crippen LogP contribution in [0.3, 0.4) is 0 Å². The van der Waals surface area contributed by atoms with Crippen molar-refractivity contribution >= 4 is 11.6 Å². The summed E-state index contributed by atoms with van der Waals surface area (Å²) in [5.41, 5.74) is 4.54. The van der Waals surface area contributed by atoms with Gasteiger partial charge in [0.1, 0.15) is 5.82 Å². The van der Waals surface area contributed by atoms with Crippen LogP contribution in [0, 0.1) is 5.82 Å². The summed E-state index contributed by atoms with van der Waals surface area (Å²) in [5.74, 6) is -1.42. The first-order valence-corrected chi connectivity index (χ1v) is 11.7. The lowest BCUT2D eigenvalue weighted by Crippen LogP contribution is -2.42. The fraction of sp³-hybridized carbons (Fsp3) is 0.0667. The van der Waals surface area contributed by atoms with E-state index in [4.69, 9.17) is 0 Å². The molecule has 0 saturated carbocycles. The van der Waals surface area contributed by atoms with Crippen LogP contribution in [0.1, 0.15) is 22.3 Å². The molecule has 0 bridgehead atoms. The summed E-state index contributed by atoms with van der Waals surface area (Å²) >= 11 is 0. The molecule has 6 heteroatoms. The number of carbonyl (C=O) groups excluding carboxylic acids is 1. The second kappa shape index (κ2) is 8.59. The molecule has 0 spiro atoms. The lowest BCUT2D eigenvalue weighted by Gasteiger charge is -2.28. The number of rotatable bonds is 5. The normalized spacial score (nSPS) is 13.5. The number of hydrogen-bond donors (Lipinski definition) is 3. The van der Waals surface area contributed by atoms with Crippen molar-refractivity contribution in [2.75, 3.05) is 5.32 Å². The number of aromatic amines is 1. The molecule has 1 aromatic heterocycles. The molecule has 1 aliphatic rings. The van der Waals surface area contributed by atoms with Gasteiger partial charge in [0.2, 0.25) is 0 Å². The molecule has 6 rings (SSSR count). The van der Waals surface area contributed by atoms with Gasteiger partial charge in [-0.05, 0) is 29.3 Å². The highest BCUT2D eigenvalue weighted by Gasteiger charge is 2.42. The smallest absolute Gasteiger partial charge is 0.265 e. The first kappa shape index (κ1) is 21.9. The average molecular weight is 476 g/mol. The summed E-state index contributed by atoms with van der Waals surface area (Å²) in [4.78, 5) is 13.4. The van der Waals surface area contributed by atoms with Crippen molar-refractivity contribution in [1.29, 1.82) is 0 Å². The number of H-pyrrole nitrogens is 1. The van der Waals surface area contributed by atoms with Crippen LogP contribution >= 0.6 is 0 Å². The number of anilines is 1. The molecular weight excluding hydrogens is 453 g/mol. The van der Waals surface area contributed by atoms with Crippen LogP contribution < -0.4 is 5.32 Å². The third-order valence-corrected chi connectivity index (χ3v) is 6.72. The molecule has 1 amide bonds. The van der Waals surface area contributed by atoms with Gasteiger partial charge in [0.15, 0.2) is 5.60 Å². The van der Waals surface area contributed by atoms with E-state index in [1.54, 1.807) is 54.6 Å². The zero-order valence-electron chi connectivity index (χ0n) is 19.2. The molecule has 1 aliphatic carbocycles. The minimum absolute atomic E-state index is 0.123. The average Bonchev–Trinajstić information content (AvgIpc) is 3.49. The van der Waals surface area contributed by atoms with Crippen molar-refractivity contribution in [1.82, 2.24) is 10.2 Å². The van der Waals surface area contributed by atoms with Crippen LogP contribution in [0.25, 0.3) is 22.5 Å². The molecule has 5 aromatic rings. The van der Waals surface area contributed by atoms with Gasteiger partial charge in [-0.15, -0.1) is 0 Å². The monoisotopic (exact) mass is 475 g/mol. The Morgan fingerprint density at radius 3 is 2.36 bits per heavy atom. The van der Waals surface area contributed by atoms with Crippen LogP contribution in [0.2, 0.25) is 0 Å². The number of amides is 1. The summed E-state index contributed by atoms with van der Waals surface area (Å²) in [5, 5.41) is 22.2. The maximum Gasteiger partial charge on any atom is 0.265 e. The zero-order chi connectivity index (χ0) is 24.7. The summed E-state index contributed by atoms with van der Waals surface area (Å²) in [7, 11) is 0. The quantitative estimate of drug-likeness (QED) is 0.301. The van der Waals surface area contributed by atoms with Gasteiger partial charge in [0, 0.05) is 34.4 Å². The number of fused-ring (bicyclic) bond motifs is 3. The number of para-hydroxylation sites is 1.